The fraction of sp³-hybridized carbons (Fsp3) is 0.286. The number of aromatic nitrogens is 2. The Morgan fingerprint density at radius 3 is 2.56 bits per heavy atom. The number of carbonyl (C=O) groups excluding carboxylic acids is 1. The fourth-order valence-electron chi connectivity index (χ4n) is 2.79. The Bertz CT molecular complexity index is 918. The smallest absolute Gasteiger partial charge is 0.265 e. The molecule has 1 aromatic carbocycles. The van der Waals surface area contributed by atoms with Crippen LogP contribution >= 0.6 is 11.3 Å². The Balaban J connectivity index is 1.63. The van der Waals surface area contributed by atoms with Gasteiger partial charge in [0, 0.05) is 13.2 Å². The third kappa shape index (κ3) is 4.71. The zero-order valence-electron chi connectivity index (χ0n) is 16.0. The molecule has 3 rings (SSSR count). The van der Waals surface area contributed by atoms with Crippen LogP contribution in [0.4, 0.5) is 0 Å². The lowest BCUT2D eigenvalue weighted by molar-refractivity contribution is 0.0777. The second kappa shape index (κ2) is 8.31. The Labute approximate surface area is 163 Å². The van der Waals surface area contributed by atoms with Crippen molar-refractivity contribution in [3.63, 3.8) is 0 Å². The number of pyridine rings is 1. The minimum absolute atomic E-state index is 0.0452. The first-order valence-electron chi connectivity index (χ1n) is 8.79. The lowest BCUT2D eigenvalue weighted by Gasteiger charge is -2.17. The Kier molecular flexibility index (Phi) is 5.86. The fourth-order valence-corrected chi connectivity index (χ4v) is 3.82. The number of hydrogen-bond acceptors (Lipinski definition) is 5. The summed E-state index contributed by atoms with van der Waals surface area (Å²) in [6.45, 7) is 6.89. The largest absolute Gasteiger partial charge is 0.492 e. The van der Waals surface area contributed by atoms with Crippen molar-refractivity contribution in [3.05, 3.63) is 64.3 Å². The average molecular weight is 382 g/mol. The Hall–Kier alpha value is -2.73. The van der Waals surface area contributed by atoms with Crippen molar-refractivity contribution in [2.75, 3.05) is 20.2 Å². The van der Waals surface area contributed by atoms with E-state index in [4.69, 9.17) is 4.74 Å². The molecule has 0 atom stereocenters. The number of likely N-dealkylation sites (N-methyl/N-ethyl adjacent to an activating group) is 1. The normalized spacial score (nSPS) is 10.7. The number of aryl methyl sites for hydroxylation is 3. The molecule has 0 aliphatic heterocycles. The summed E-state index contributed by atoms with van der Waals surface area (Å²) in [5, 5.41) is 0.760. The van der Waals surface area contributed by atoms with Gasteiger partial charge < -0.3 is 9.64 Å². The zero-order valence-corrected chi connectivity index (χ0v) is 16.8. The maximum atomic E-state index is 12.8. The van der Waals surface area contributed by atoms with E-state index < -0.39 is 0 Å². The number of amides is 1. The molecule has 2 heterocycles. The SMILES string of the molecule is Cc1cc(C)cc(OCCN(C)C(=O)c2sc(-c3ccccn3)nc2C)c1. The topological polar surface area (TPSA) is 55.3 Å². The standard InChI is InChI=1S/C21H23N3O2S/c1-14-11-15(2)13-17(12-14)26-10-9-24(4)21(25)19-16(3)23-20(27-19)18-7-5-6-8-22-18/h5-8,11-13H,9-10H2,1-4H3. The number of ether oxygens (including phenoxy) is 1. The Morgan fingerprint density at radius 2 is 1.89 bits per heavy atom. The molecular weight excluding hydrogens is 358 g/mol. The highest BCUT2D eigenvalue weighted by Crippen LogP contribution is 2.27. The molecule has 5 nitrogen and oxygen atoms in total. The van der Waals surface area contributed by atoms with Gasteiger partial charge in [-0.3, -0.25) is 9.78 Å². The molecule has 140 valence electrons. The maximum Gasteiger partial charge on any atom is 0.265 e. The first kappa shape index (κ1) is 19.0. The van der Waals surface area contributed by atoms with E-state index in [1.54, 1.807) is 18.1 Å². The van der Waals surface area contributed by atoms with Crippen molar-refractivity contribution in [1.29, 1.82) is 0 Å². The molecule has 0 saturated heterocycles. The average Bonchev–Trinajstić information content (AvgIpc) is 3.02. The molecule has 2 aromatic heterocycles. The van der Waals surface area contributed by atoms with Gasteiger partial charge in [-0.05, 0) is 56.2 Å². The van der Waals surface area contributed by atoms with Crippen LogP contribution in [-0.2, 0) is 0 Å². The first-order chi connectivity index (χ1) is 12.9. The van der Waals surface area contributed by atoms with Crippen molar-refractivity contribution >= 4 is 17.2 Å². The van der Waals surface area contributed by atoms with Gasteiger partial charge >= 0.3 is 0 Å². The lowest BCUT2D eigenvalue weighted by Crippen LogP contribution is -2.30. The summed E-state index contributed by atoms with van der Waals surface area (Å²) in [6, 6.07) is 11.8. The van der Waals surface area contributed by atoms with Gasteiger partial charge in [0.15, 0.2) is 0 Å². The summed E-state index contributed by atoms with van der Waals surface area (Å²) in [5.74, 6) is 0.788. The quantitative estimate of drug-likeness (QED) is 0.639. The van der Waals surface area contributed by atoms with Crippen LogP contribution in [0.1, 0.15) is 26.5 Å². The van der Waals surface area contributed by atoms with Crippen LogP contribution in [0.2, 0.25) is 0 Å². The molecule has 0 aliphatic rings. The zero-order chi connectivity index (χ0) is 19.4. The van der Waals surface area contributed by atoms with Gasteiger partial charge in [0.05, 0.1) is 17.9 Å². The Morgan fingerprint density at radius 1 is 1.15 bits per heavy atom. The number of thiazole rings is 1. The van der Waals surface area contributed by atoms with E-state index in [1.807, 2.05) is 51.1 Å². The minimum atomic E-state index is -0.0452. The van der Waals surface area contributed by atoms with Crippen LogP contribution in [0.3, 0.4) is 0 Å². The maximum absolute atomic E-state index is 12.8. The monoisotopic (exact) mass is 381 g/mol. The molecule has 0 saturated carbocycles. The number of hydrogen-bond donors (Lipinski definition) is 0. The molecule has 0 radical (unpaired) electrons. The van der Waals surface area contributed by atoms with E-state index in [2.05, 4.69) is 16.0 Å². The molecule has 0 spiro atoms. The van der Waals surface area contributed by atoms with Crippen molar-refractivity contribution in [2.45, 2.75) is 20.8 Å². The third-order valence-corrected chi connectivity index (χ3v) is 5.28. The van der Waals surface area contributed by atoms with Crippen LogP contribution in [-0.4, -0.2) is 41.0 Å². The molecular formula is C21H23N3O2S. The molecule has 27 heavy (non-hydrogen) atoms. The van der Waals surface area contributed by atoms with Crippen LogP contribution < -0.4 is 4.74 Å². The number of rotatable bonds is 6. The van der Waals surface area contributed by atoms with Gasteiger partial charge in [-0.15, -0.1) is 11.3 Å². The van der Waals surface area contributed by atoms with E-state index >= 15 is 0 Å². The molecule has 0 bridgehead atoms. The molecule has 1 amide bonds. The van der Waals surface area contributed by atoms with Crippen molar-refractivity contribution in [3.8, 4) is 16.5 Å². The van der Waals surface area contributed by atoms with E-state index in [9.17, 15) is 4.79 Å². The summed E-state index contributed by atoms with van der Waals surface area (Å²) >= 11 is 1.38. The van der Waals surface area contributed by atoms with Crippen LogP contribution in [0.25, 0.3) is 10.7 Å². The van der Waals surface area contributed by atoms with E-state index in [-0.39, 0.29) is 5.91 Å². The molecule has 0 unspecified atom stereocenters. The van der Waals surface area contributed by atoms with Gasteiger partial charge in [0.25, 0.3) is 5.91 Å². The van der Waals surface area contributed by atoms with Crippen molar-refractivity contribution < 1.29 is 9.53 Å². The molecule has 3 aromatic rings. The highest BCUT2D eigenvalue weighted by molar-refractivity contribution is 7.17. The summed E-state index contributed by atoms with van der Waals surface area (Å²) < 4.78 is 5.81. The molecule has 0 fully saturated rings. The predicted octanol–water partition coefficient (Wildman–Crippen LogP) is 4.28. The number of benzene rings is 1. The summed E-state index contributed by atoms with van der Waals surface area (Å²) in [7, 11) is 1.78. The van der Waals surface area contributed by atoms with Gasteiger partial charge in [0.1, 0.15) is 22.2 Å². The van der Waals surface area contributed by atoms with Crippen LogP contribution in [0.5, 0.6) is 5.75 Å². The van der Waals surface area contributed by atoms with Crippen molar-refractivity contribution in [2.24, 2.45) is 0 Å². The molecule has 6 heteroatoms. The van der Waals surface area contributed by atoms with E-state index in [0.717, 1.165) is 33.3 Å². The summed E-state index contributed by atoms with van der Waals surface area (Å²) in [6.07, 6.45) is 1.73. The first-order valence-corrected chi connectivity index (χ1v) is 9.61. The lowest BCUT2D eigenvalue weighted by atomic mass is 10.1. The summed E-state index contributed by atoms with van der Waals surface area (Å²) in [4.78, 5) is 23.9. The predicted molar refractivity (Wildman–Crippen MR) is 108 cm³/mol. The highest BCUT2D eigenvalue weighted by atomic mass is 32.1. The summed E-state index contributed by atoms with van der Waals surface area (Å²) in [5.41, 5.74) is 3.84. The van der Waals surface area contributed by atoms with Gasteiger partial charge in [-0.2, -0.15) is 0 Å². The van der Waals surface area contributed by atoms with Gasteiger partial charge in [0.2, 0.25) is 0 Å². The second-order valence-electron chi connectivity index (χ2n) is 6.55. The molecule has 0 aliphatic carbocycles. The minimum Gasteiger partial charge on any atom is -0.492 e. The van der Waals surface area contributed by atoms with Crippen molar-refractivity contribution in [1.82, 2.24) is 14.9 Å². The van der Waals surface area contributed by atoms with Gasteiger partial charge in [-0.25, -0.2) is 4.98 Å². The van der Waals surface area contributed by atoms with Crippen LogP contribution in [0.15, 0.2) is 42.6 Å². The van der Waals surface area contributed by atoms with E-state index in [0.29, 0.717) is 18.0 Å². The number of nitrogens with zero attached hydrogens (tertiary/aromatic N) is 3. The third-order valence-electron chi connectivity index (χ3n) is 4.11. The number of carbonyl (C=O) groups is 1. The second-order valence-corrected chi connectivity index (χ2v) is 7.55. The van der Waals surface area contributed by atoms with Crippen LogP contribution in [0, 0.1) is 20.8 Å². The highest BCUT2D eigenvalue weighted by Gasteiger charge is 2.20. The molecule has 0 N–H and O–H groups in total. The van der Waals surface area contributed by atoms with E-state index in [1.165, 1.54) is 11.3 Å². The van der Waals surface area contributed by atoms with Gasteiger partial charge in [-0.1, -0.05) is 12.1 Å².